The lowest BCUT2D eigenvalue weighted by atomic mass is 10.2. The highest BCUT2D eigenvalue weighted by Crippen LogP contribution is 2.34. The molecule has 26 heavy (non-hydrogen) atoms. The van der Waals surface area contributed by atoms with E-state index in [4.69, 9.17) is 13.9 Å². The van der Waals surface area contributed by atoms with Crippen LogP contribution < -0.4 is 20.1 Å². The molecule has 2 aromatic heterocycles. The summed E-state index contributed by atoms with van der Waals surface area (Å²) in [4.78, 5) is 20.9. The molecule has 0 unspecified atom stereocenters. The van der Waals surface area contributed by atoms with Gasteiger partial charge in [0.25, 0.3) is 5.91 Å². The van der Waals surface area contributed by atoms with Crippen molar-refractivity contribution in [3.05, 3.63) is 59.9 Å². The third kappa shape index (κ3) is 3.44. The summed E-state index contributed by atoms with van der Waals surface area (Å²) in [6.07, 6.45) is 1.56. The van der Waals surface area contributed by atoms with Crippen LogP contribution >= 0.6 is 0 Å². The highest BCUT2D eigenvalue weighted by Gasteiger charge is 2.15. The summed E-state index contributed by atoms with van der Waals surface area (Å²) < 4.78 is 15.9. The average molecular weight is 352 g/mol. The van der Waals surface area contributed by atoms with Gasteiger partial charge in [-0.3, -0.25) is 4.79 Å². The Bertz CT molecular complexity index is 940. The number of anilines is 2. The summed E-state index contributed by atoms with van der Waals surface area (Å²) in [5.74, 6) is 2.73. The van der Waals surface area contributed by atoms with E-state index in [2.05, 4.69) is 20.6 Å². The van der Waals surface area contributed by atoms with E-state index >= 15 is 0 Å². The maximum atomic E-state index is 12.3. The van der Waals surface area contributed by atoms with Crippen LogP contribution in [-0.4, -0.2) is 22.7 Å². The molecular weight excluding hydrogens is 336 g/mol. The fraction of sp³-hybridized carbons (Fsp3) is 0.167. The minimum absolute atomic E-state index is 0.214. The third-order valence-electron chi connectivity index (χ3n) is 3.72. The Hall–Kier alpha value is -3.55. The van der Waals surface area contributed by atoms with E-state index in [0.29, 0.717) is 35.4 Å². The van der Waals surface area contributed by atoms with Crippen LogP contribution in [0.4, 0.5) is 11.5 Å². The summed E-state index contributed by atoms with van der Waals surface area (Å²) in [5, 5.41) is 5.92. The second-order valence-corrected chi connectivity index (χ2v) is 5.64. The quantitative estimate of drug-likeness (QED) is 0.728. The van der Waals surface area contributed by atoms with Gasteiger partial charge in [-0.25, -0.2) is 9.97 Å². The molecule has 1 amide bonds. The van der Waals surface area contributed by atoms with Gasteiger partial charge in [-0.1, -0.05) is 0 Å². The zero-order valence-electron chi connectivity index (χ0n) is 14.0. The second-order valence-electron chi connectivity index (χ2n) is 5.64. The number of ether oxygens (including phenoxy) is 2. The Morgan fingerprint density at radius 3 is 2.88 bits per heavy atom. The first-order valence-electron chi connectivity index (χ1n) is 8.00. The molecule has 0 saturated heterocycles. The number of benzene rings is 1. The lowest BCUT2D eigenvalue weighted by Gasteiger charge is -2.09. The van der Waals surface area contributed by atoms with Gasteiger partial charge in [0.05, 0.1) is 12.8 Å². The fourth-order valence-corrected chi connectivity index (χ4v) is 2.54. The number of fused-ring (bicyclic) bond motifs is 1. The van der Waals surface area contributed by atoms with Gasteiger partial charge in [0.2, 0.25) is 6.79 Å². The van der Waals surface area contributed by atoms with Crippen molar-refractivity contribution in [2.75, 3.05) is 12.1 Å². The number of amides is 1. The Labute approximate surface area is 149 Å². The lowest BCUT2D eigenvalue weighted by Crippen LogP contribution is -2.24. The maximum Gasteiger partial charge on any atom is 0.270 e. The molecule has 0 aliphatic carbocycles. The van der Waals surface area contributed by atoms with E-state index in [1.165, 1.54) is 0 Å². The molecule has 0 radical (unpaired) electrons. The molecule has 0 atom stereocenters. The first-order valence-corrected chi connectivity index (χ1v) is 8.00. The van der Waals surface area contributed by atoms with Crippen molar-refractivity contribution in [2.24, 2.45) is 0 Å². The zero-order chi connectivity index (χ0) is 17.9. The van der Waals surface area contributed by atoms with Gasteiger partial charge >= 0.3 is 0 Å². The number of furan rings is 1. The van der Waals surface area contributed by atoms with E-state index < -0.39 is 0 Å². The molecular formula is C18H16N4O4. The van der Waals surface area contributed by atoms with Gasteiger partial charge in [0.15, 0.2) is 11.5 Å². The second kappa shape index (κ2) is 6.75. The SMILES string of the molecule is Cc1nc(Nc2ccc3c(c2)OCO3)cc(C(=O)NCc2ccco2)n1. The molecule has 8 heteroatoms. The molecule has 0 spiro atoms. The molecule has 0 fully saturated rings. The standard InChI is InChI=1S/C18H16N4O4/c1-11-20-14(18(23)19-9-13-3-2-6-24-13)8-17(21-11)22-12-4-5-15-16(7-12)26-10-25-15/h2-8H,9-10H2,1H3,(H,19,23)(H,20,21,22). The Morgan fingerprint density at radius 1 is 1.15 bits per heavy atom. The molecule has 8 nitrogen and oxygen atoms in total. The topological polar surface area (TPSA) is 98.5 Å². The van der Waals surface area contributed by atoms with Gasteiger partial charge < -0.3 is 24.5 Å². The van der Waals surface area contributed by atoms with Crippen LogP contribution in [0.25, 0.3) is 0 Å². The van der Waals surface area contributed by atoms with Crippen molar-refractivity contribution in [1.82, 2.24) is 15.3 Å². The number of hydrogen-bond donors (Lipinski definition) is 2. The number of nitrogens with zero attached hydrogens (tertiary/aromatic N) is 2. The molecule has 132 valence electrons. The van der Waals surface area contributed by atoms with Crippen LogP contribution in [0.2, 0.25) is 0 Å². The number of carbonyl (C=O) groups is 1. The Morgan fingerprint density at radius 2 is 2.04 bits per heavy atom. The van der Waals surface area contributed by atoms with Gasteiger partial charge in [-0.05, 0) is 31.2 Å². The number of hydrogen-bond acceptors (Lipinski definition) is 7. The predicted molar refractivity (Wildman–Crippen MR) is 92.5 cm³/mol. The van der Waals surface area contributed by atoms with Gasteiger partial charge in [-0.2, -0.15) is 0 Å². The van der Waals surface area contributed by atoms with Crippen LogP contribution in [0.5, 0.6) is 11.5 Å². The van der Waals surface area contributed by atoms with E-state index in [1.54, 1.807) is 31.4 Å². The molecule has 1 aromatic carbocycles. The highest BCUT2D eigenvalue weighted by molar-refractivity contribution is 5.93. The molecule has 0 bridgehead atoms. The Kier molecular flexibility index (Phi) is 4.14. The summed E-state index contributed by atoms with van der Waals surface area (Å²) >= 11 is 0. The lowest BCUT2D eigenvalue weighted by molar-refractivity contribution is 0.0942. The number of aryl methyl sites for hydroxylation is 1. The third-order valence-corrected chi connectivity index (χ3v) is 3.72. The highest BCUT2D eigenvalue weighted by atomic mass is 16.7. The van der Waals surface area contributed by atoms with Crippen molar-refractivity contribution in [3.8, 4) is 11.5 Å². The molecule has 1 aliphatic heterocycles. The smallest absolute Gasteiger partial charge is 0.270 e. The van der Waals surface area contributed by atoms with Crippen molar-refractivity contribution in [2.45, 2.75) is 13.5 Å². The largest absolute Gasteiger partial charge is 0.467 e. The Balaban J connectivity index is 1.49. The normalized spacial score (nSPS) is 12.0. The maximum absolute atomic E-state index is 12.3. The number of nitrogens with one attached hydrogen (secondary N) is 2. The van der Waals surface area contributed by atoms with Crippen LogP contribution in [0, 0.1) is 6.92 Å². The van der Waals surface area contributed by atoms with Crippen LogP contribution in [0.3, 0.4) is 0 Å². The van der Waals surface area contributed by atoms with Gasteiger partial charge in [0.1, 0.15) is 23.1 Å². The molecule has 1 aliphatic rings. The van der Waals surface area contributed by atoms with E-state index in [-0.39, 0.29) is 18.4 Å². The molecule has 4 rings (SSSR count). The summed E-state index contributed by atoms with van der Waals surface area (Å²) in [5.41, 5.74) is 1.04. The average Bonchev–Trinajstić information content (AvgIpc) is 3.30. The van der Waals surface area contributed by atoms with Crippen LogP contribution in [0.15, 0.2) is 47.1 Å². The van der Waals surface area contributed by atoms with Crippen LogP contribution in [0.1, 0.15) is 22.1 Å². The summed E-state index contributed by atoms with van der Waals surface area (Å²) in [6.45, 7) is 2.24. The van der Waals surface area contributed by atoms with Crippen molar-refractivity contribution in [1.29, 1.82) is 0 Å². The van der Waals surface area contributed by atoms with E-state index in [1.807, 2.05) is 18.2 Å². The minimum Gasteiger partial charge on any atom is -0.467 e. The zero-order valence-corrected chi connectivity index (χ0v) is 14.0. The first kappa shape index (κ1) is 15.9. The summed E-state index contributed by atoms with van der Waals surface area (Å²) in [7, 11) is 0. The fourth-order valence-electron chi connectivity index (χ4n) is 2.54. The van der Waals surface area contributed by atoms with Crippen molar-refractivity contribution < 1.29 is 18.7 Å². The molecule has 2 N–H and O–H groups in total. The van der Waals surface area contributed by atoms with Gasteiger partial charge in [0, 0.05) is 17.8 Å². The van der Waals surface area contributed by atoms with E-state index in [0.717, 1.165) is 5.69 Å². The molecule has 3 heterocycles. The van der Waals surface area contributed by atoms with E-state index in [9.17, 15) is 4.79 Å². The number of aromatic nitrogens is 2. The predicted octanol–water partition coefficient (Wildman–Crippen LogP) is 2.78. The summed E-state index contributed by atoms with van der Waals surface area (Å²) in [6, 6.07) is 10.6. The van der Waals surface area contributed by atoms with Crippen molar-refractivity contribution >= 4 is 17.4 Å². The number of rotatable bonds is 5. The minimum atomic E-state index is -0.305. The van der Waals surface area contributed by atoms with Crippen molar-refractivity contribution in [3.63, 3.8) is 0 Å². The molecule has 3 aromatic rings. The molecule has 0 saturated carbocycles. The van der Waals surface area contributed by atoms with Crippen LogP contribution in [-0.2, 0) is 6.54 Å². The first-order chi connectivity index (χ1) is 12.7. The monoisotopic (exact) mass is 352 g/mol. The number of carbonyl (C=O) groups excluding carboxylic acids is 1. The van der Waals surface area contributed by atoms with Gasteiger partial charge in [-0.15, -0.1) is 0 Å².